The van der Waals surface area contributed by atoms with Crippen LogP contribution in [0.1, 0.15) is 38.5 Å². The van der Waals surface area contributed by atoms with Crippen LogP contribution in [0.15, 0.2) is 0 Å². The molecule has 0 heterocycles. The van der Waals surface area contributed by atoms with Crippen molar-refractivity contribution in [2.45, 2.75) is 44.6 Å². The first-order valence-corrected chi connectivity index (χ1v) is 8.42. The van der Waals surface area contributed by atoms with Crippen molar-refractivity contribution in [2.75, 3.05) is 6.54 Å². The Labute approximate surface area is 180 Å². The summed E-state index contributed by atoms with van der Waals surface area (Å²) in [7, 11) is 0. The van der Waals surface area contributed by atoms with Crippen molar-refractivity contribution >= 4 is 47.9 Å². The Morgan fingerprint density at radius 2 is 1.12 bits per heavy atom. The monoisotopic (exact) mass is 466 g/mol. The third-order valence-electron chi connectivity index (χ3n) is 2.45. The van der Waals surface area contributed by atoms with Crippen LogP contribution in [0.4, 0.5) is 0 Å². The average Bonchev–Trinajstić information content (AvgIpc) is 2.65. The number of aldehydes is 1. The van der Waals surface area contributed by atoms with Crippen molar-refractivity contribution in [2.24, 2.45) is 0 Å². The number of carbonyl (C=O) groups is 8. The average molecular weight is 466 g/mol. The summed E-state index contributed by atoms with van der Waals surface area (Å²) in [4.78, 5) is 77.0. The quantitative estimate of drug-likeness (QED) is 0.153. The van der Waals surface area contributed by atoms with E-state index in [1.54, 1.807) is 0 Å². The maximum atomic E-state index is 10.1. The number of carbonyl (C=O) groups excluding carboxylic acids is 8. The van der Waals surface area contributed by atoms with Gasteiger partial charge in [-0.2, -0.15) is 0 Å². The molecule has 184 valence electrons. The van der Waals surface area contributed by atoms with Gasteiger partial charge in [0.05, 0.1) is 12.5 Å². The van der Waals surface area contributed by atoms with Crippen molar-refractivity contribution in [3.63, 3.8) is 0 Å². The number of carboxylic acids is 6. The molecular formula is C16H22N2O14-4. The first-order chi connectivity index (χ1) is 14.6. The predicted molar refractivity (Wildman–Crippen MR) is 83.2 cm³/mol. The highest BCUT2D eigenvalue weighted by molar-refractivity contribution is 6.31. The molecule has 0 radical (unpaired) electrons. The number of aliphatic carboxylic acids is 6. The zero-order chi connectivity index (χ0) is 26.3. The number of quaternary nitrogens is 2. The molecule has 32 heavy (non-hydrogen) atoms. The number of Topliss-reactive ketones (excluding diaryl/α,β-unsaturated/α-hetero) is 1. The number of rotatable bonds is 12. The Morgan fingerprint density at radius 3 is 1.31 bits per heavy atom. The zero-order valence-electron chi connectivity index (χ0n) is 16.7. The number of hydrogen-bond donors (Lipinski definition) is 2. The lowest BCUT2D eigenvalue weighted by Crippen LogP contribution is -2.68. The first kappa shape index (κ1) is 35.5. The molecular weight excluding hydrogens is 444 g/mol. The van der Waals surface area contributed by atoms with Crippen LogP contribution in [0.3, 0.4) is 0 Å². The largest absolute Gasteiger partial charge is 0.550 e. The molecule has 0 saturated carbocycles. The van der Waals surface area contributed by atoms with Gasteiger partial charge in [-0.3, -0.25) is 4.79 Å². The summed E-state index contributed by atoms with van der Waals surface area (Å²) in [5, 5.41) is 57.7. The van der Waals surface area contributed by atoms with Crippen LogP contribution in [-0.2, 0) is 38.4 Å². The molecule has 16 heteroatoms. The molecule has 0 bridgehead atoms. The van der Waals surface area contributed by atoms with Crippen molar-refractivity contribution in [1.29, 1.82) is 0 Å². The van der Waals surface area contributed by atoms with Crippen molar-refractivity contribution in [3.8, 4) is 0 Å². The standard InChI is InChI=1S/C5H9NO4.C5H6O5.C3H7NO2.C3H4O3/c2*6-3(5(9)10)1-2-4(7)8;2*4-2-1-3(5)6/h3H,1-2,6H2,(H,7,8)(H,9,10);1-2H2,(H,7,8)(H,9,10);1-2,4H2,(H,5,6);2H,1H2,(H,5,6)/p-4. The normalized spacial score (nSPS) is 9.56. The molecule has 0 amide bonds. The maximum Gasteiger partial charge on any atom is 0.178 e. The highest BCUT2D eigenvalue weighted by Gasteiger charge is 2.05. The fourth-order valence-corrected chi connectivity index (χ4v) is 0.940. The second-order valence-corrected chi connectivity index (χ2v) is 5.23. The summed E-state index contributed by atoms with van der Waals surface area (Å²) in [6.45, 7) is 0.419. The lowest BCUT2D eigenvalue weighted by Gasteiger charge is -2.08. The Kier molecular flexibility index (Phi) is 25.9. The molecule has 16 nitrogen and oxygen atoms in total. The van der Waals surface area contributed by atoms with Gasteiger partial charge in [-0.15, -0.1) is 0 Å². The van der Waals surface area contributed by atoms with Crippen LogP contribution in [-0.4, -0.2) is 60.5 Å². The summed E-state index contributed by atoms with van der Waals surface area (Å²) in [6, 6.07) is -0.960. The molecule has 0 aliphatic rings. The smallest absolute Gasteiger partial charge is 0.178 e. The lowest BCUT2D eigenvalue weighted by molar-refractivity contribution is -0.438. The van der Waals surface area contributed by atoms with Crippen LogP contribution >= 0.6 is 0 Å². The molecule has 6 N–H and O–H groups in total. The highest BCUT2D eigenvalue weighted by Crippen LogP contribution is 1.89. The lowest BCUT2D eigenvalue weighted by atomic mass is 10.2. The van der Waals surface area contributed by atoms with Gasteiger partial charge in [0.15, 0.2) is 5.78 Å². The fourth-order valence-electron chi connectivity index (χ4n) is 0.940. The summed E-state index contributed by atoms with van der Waals surface area (Å²) in [5.41, 5.74) is 6.46. The molecule has 0 aliphatic carbocycles. The van der Waals surface area contributed by atoms with Crippen LogP contribution in [0.2, 0.25) is 0 Å². The van der Waals surface area contributed by atoms with Crippen molar-refractivity contribution in [3.05, 3.63) is 0 Å². The number of ketones is 1. The van der Waals surface area contributed by atoms with E-state index in [0.29, 0.717) is 6.54 Å². The SMILES string of the molecule is O=C([O-])CCC(=O)C(=O)[O-].O=CCC(=O)[O-].[NH3+]C(CCC(=O)[O-])C(=O)[O-].[NH3+]CCC(=O)[O-]. The number of carboxylic acid groups (broad SMARTS) is 6. The molecule has 1 atom stereocenters. The number of hydrogen-bond acceptors (Lipinski definition) is 14. The van der Waals surface area contributed by atoms with Crippen molar-refractivity contribution in [1.82, 2.24) is 0 Å². The van der Waals surface area contributed by atoms with Gasteiger partial charge >= 0.3 is 0 Å². The molecule has 0 fully saturated rings. The first-order valence-electron chi connectivity index (χ1n) is 8.42. The summed E-state index contributed by atoms with van der Waals surface area (Å²) in [6.07, 6.45) is -1.61. The van der Waals surface area contributed by atoms with Crippen LogP contribution in [0, 0.1) is 0 Å². The predicted octanol–water partition coefficient (Wildman–Crippen LogP) is -11.6. The topological polar surface area (TPSA) is 330 Å². The molecule has 1 unspecified atom stereocenters. The van der Waals surface area contributed by atoms with Crippen LogP contribution in [0.25, 0.3) is 0 Å². The molecule has 0 aromatic rings. The van der Waals surface area contributed by atoms with E-state index in [9.17, 15) is 69.0 Å². The van der Waals surface area contributed by atoms with Gasteiger partial charge in [0.1, 0.15) is 18.3 Å². The second-order valence-electron chi connectivity index (χ2n) is 5.23. The minimum Gasteiger partial charge on any atom is -0.550 e. The van der Waals surface area contributed by atoms with Crippen LogP contribution in [0.5, 0.6) is 0 Å². The van der Waals surface area contributed by atoms with Gasteiger partial charge in [0.2, 0.25) is 0 Å². The molecule has 0 aliphatic heterocycles. The Morgan fingerprint density at radius 1 is 0.688 bits per heavy atom. The second kappa shape index (κ2) is 23.4. The molecule has 0 spiro atoms. The minimum absolute atomic E-state index is 0.0370. The van der Waals surface area contributed by atoms with Gasteiger partial charge in [-0.25, -0.2) is 0 Å². The summed E-state index contributed by atoms with van der Waals surface area (Å²) >= 11 is 0. The fraction of sp³-hybridized carbons (Fsp3) is 0.500. The molecule has 0 aromatic heterocycles. The minimum atomic E-state index is -1.86. The Balaban J connectivity index is -0.000000168. The van der Waals surface area contributed by atoms with Gasteiger partial charge in [-0.05, 0) is 12.8 Å². The maximum absolute atomic E-state index is 10.1. The Hall–Kier alpha value is -3.92. The van der Waals surface area contributed by atoms with E-state index in [1.807, 2.05) is 0 Å². The van der Waals surface area contributed by atoms with E-state index in [4.69, 9.17) is 0 Å². The van der Waals surface area contributed by atoms with Gasteiger partial charge in [0.25, 0.3) is 0 Å². The van der Waals surface area contributed by atoms with E-state index < -0.39 is 66.9 Å². The Bertz CT molecular complexity index is 647. The molecule has 0 aromatic carbocycles. The zero-order valence-corrected chi connectivity index (χ0v) is 16.7. The van der Waals surface area contributed by atoms with Crippen molar-refractivity contribution < 1.29 is 80.5 Å². The van der Waals surface area contributed by atoms with E-state index in [1.165, 1.54) is 0 Å². The van der Waals surface area contributed by atoms with Gasteiger partial charge in [0, 0.05) is 49.6 Å². The highest BCUT2D eigenvalue weighted by atomic mass is 16.4. The third-order valence-corrected chi connectivity index (χ3v) is 2.45. The van der Waals surface area contributed by atoms with E-state index in [2.05, 4.69) is 11.5 Å². The van der Waals surface area contributed by atoms with Crippen LogP contribution < -0.4 is 42.1 Å². The van der Waals surface area contributed by atoms with E-state index in [-0.39, 0.29) is 25.5 Å². The van der Waals surface area contributed by atoms with E-state index in [0.717, 1.165) is 0 Å². The molecule has 0 rings (SSSR count). The van der Waals surface area contributed by atoms with E-state index >= 15 is 0 Å². The summed E-state index contributed by atoms with van der Waals surface area (Å²) < 4.78 is 0. The molecule has 0 saturated heterocycles. The van der Waals surface area contributed by atoms with Gasteiger partial charge in [-0.1, -0.05) is 0 Å². The van der Waals surface area contributed by atoms with Gasteiger partial charge < -0.3 is 75.7 Å². The summed E-state index contributed by atoms with van der Waals surface area (Å²) in [5.74, 6) is -9.48. The third kappa shape index (κ3) is 40.7.